The summed E-state index contributed by atoms with van der Waals surface area (Å²) < 4.78 is 22.9. The summed E-state index contributed by atoms with van der Waals surface area (Å²) in [4.78, 5) is 13.3. The predicted molar refractivity (Wildman–Crippen MR) is 341 cm³/mol. The van der Waals surface area contributed by atoms with Gasteiger partial charge in [0.1, 0.15) is 48.8 Å². The number of unbranched alkanes of at least 4 members (excludes halogenated alkanes) is 33. The van der Waals surface area contributed by atoms with Gasteiger partial charge in [-0.1, -0.05) is 280 Å². The minimum Gasteiger partial charge on any atom is -0.394 e. The van der Waals surface area contributed by atoms with Gasteiger partial charge in [0.25, 0.3) is 0 Å². The fraction of sp³-hybridized carbons (Fsp3) is 0.843. The van der Waals surface area contributed by atoms with E-state index in [0.717, 1.165) is 83.5 Å². The normalized spacial score (nSPS) is 24.0. The van der Waals surface area contributed by atoms with E-state index in [1.54, 1.807) is 0 Å². The molecule has 2 fully saturated rings. The van der Waals surface area contributed by atoms with Crippen molar-refractivity contribution in [1.29, 1.82) is 0 Å². The topological polar surface area (TPSA) is 228 Å². The first-order valence-electron chi connectivity index (χ1n) is 34.5. The van der Waals surface area contributed by atoms with Crippen LogP contribution in [0.4, 0.5) is 0 Å². The van der Waals surface area contributed by atoms with Crippen molar-refractivity contribution in [3.63, 3.8) is 0 Å². The van der Waals surface area contributed by atoms with Crippen molar-refractivity contribution in [2.45, 2.75) is 357 Å². The number of amides is 1. The summed E-state index contributed by atoms with van der Waals surface area (Å²) in [5.74, 6) is -0.204. The Hall–Kier alpha value is -2.31. The zero-order valence-corrected chi connectivity index (χ0v) is 53.1. The number of hydrogen-bond donors (Lipinski definition) is 9. The second-order valence-corrected chi connectivity index (χ2v) is 24.3. The van der Waals surface area contributed by atoms with Crippen molar-refractivity contribution in [2.24, 2.45) is 0 Å². The predicted octanol–water partition coefficient (Wildman–Crippen LogP) is 13.7. The minimum absolute atomic E-state index is 0.204. The van der Waals surface area contributed by atoms with Crippen LogP contribution in [0.15, 0.2) is 60.8 Å². The number of nitrogens with one attached hydrogen (secondary N) is 1. The Bertz CT molecular complexity index is 1640. The number of ether oxygens (including phenoxy) is 4. The first-order chi connectivity index (χ1) is 41.1. The third-order valence-electron chi connectivity index (χ3n) is 16.7. The number of aliphatic hydroxyl groups is 8. The first kappa shape index (κ1) is 77.8. The van der Waals surface area contributed by atoms with Gasteiger partial charge in [-0.3, -0.25) is 4.79 Å². The highest BCUT2D eigenvalue weighted by atomic mass is 16.7. The Morgan fingerprint density at radius 2 is 0.821 bits per heavy atom. The van der Waals surface area contributed by atoms with Gasteiger partial charge in [0.2, 0.25) is 5.91 Å². The highest BCUT2D eigenvalue weighted by Gasteiger charge is 2.51. The smallest absolute Gasteiger partial charge is 0.220 e. The van der Waals surface area contributed by atoms with Crippen LogP contribution < -0.4 is 5.32 Å². The van der Waals surface area contributed by atoms with Gasteiger partial charge in [0.15, 0.2) is 12.6 Å². The Balaban J connectivity index is 1.60. The number of carbonyl (C=O) groups is 1. The van der Waals surface area contributed by atoms with E-state index in [1.807, 2.05) is 0 Å². The van der Waals surface area contributed by atoms with Crippen molar-refractivity contribution in [3.05, 3.63) is 60.8 Å². The third kappa shape index (κ3) is 38.9. The number of carbonyl (C=O) groups excluding carboxylic acids is 1. The first-order valence-corrected chi connectivity index (χ1v) is 34.5. The lowest BCUT2D eigenvalue weighted by molar-refractivity contribution is -0.359. The second-order valence-electron chi connectivity index (χ2n) is 24.3. The maximum Gasteiger partial charge on any atom is 0.220 e. The molecule has 0 radical (unpaired) electrons. The molecule has 12 atom stereocenters. The van der Waals surface area contributed by atoms with Crippen LogP contribution in [-0.4, -0.2) is 140 Å². The molecule has 84 heavy (non-hydrogen) atoms. The van der Waals surface area contributed by atoms with E-state index >= 15 is 0 Å². The average Bonchev–Trinajstić information content (AvgIpc) is 3.23. The van der Waals surface area contributed by atoms with E-state index in [9.17, 15) is 45.6 Å². The average molecular weight is 1190 g/mol. The molecule has 1 amide bonds. The van der Waals surface area contributed by atoms with Crippen LogP contribution >= 0.6 is 0 Å². The highest BCUT2D eigenvalue weighted by molar-refractivity contribution is 5.76. The zero-order chi connectivity index (χ0) is 60.9. The number of rotatable bonds is 56. The van der Waals surface area contributed by atoms with Crippen molar-refractivity contribution in [3.8, 4) is 0 Å². The standard InChI is InChI=1S/C70H127NO13/c1-3-5-7-9-11-13-15-17-19-20-21-22-23-24-25-26-27-28-29-30-31-32-33-34-35-36-37-38-40-42-44-46-48-50-52-54-62(75)71-58(59(74)53-51-49-47-45-43-41-39-18-16-14-12-10-8-6-4-2)57-81-69-67(80)65(78)68(61(56-73)83-69)84-70-66(79)64(77)63(76)60(55-72)82-70/h5,7,11,13,17,19,21-22,24-25,58-61,63-70,72-74,76-80H,3-4,6,8-10,12,14-16,18,20,23,26-57H2,1-2H3,(H,71,75)/b7-5-,13-11-,19-17-,22-21-,25-24-. The number of aliphatic hydroxyl groups excluding tert-OH is 8. The zero-order valence-electron chi connectivity index (χ0n) is 53.1. The summed E-state index contributed by atoms with van der Waals surface area (Å²) in [6, 6.07) is -0.829. The van der Waals surface area contributed by atoms with E-state index < -0.39 is 86.8 Å². The molecular weight excluding hydrogens is 1060 g/mol. The molecule has 0 spiro atoms. The summed E-state index contributed by atoms with van der Waals surface area (Å²) >= 11 is 0. The Morgan fingerprint density at radius 3 is 1.26 bits per heavy atom. The maximum absolute atomic E-state index is 13.3. The molecule has 0 saturated carbocycles. The van der Waals surface area contributed by atoms with E-state index in [-0.39, 0.29) is 12.5 Å². The van der Waals surface area contributed by atoms with Crippen molar-refractivity contribution in [2.75, 3.05) is 19.8 Å². The van der Waals surface area contributed by atoms with Gasteiger partial charge < -0.3 is 65.1 Å². The summed E-state index contributed by atoms with van der Waals surface area (Å²) in [7, 11) is 0. The quantitative estimate of drug-likeness (QED) is 0.0204. The van der Waals surface area contributed by atoms with Crippen LogP contribution in [0.5, 0.6) is 0 Å². The summed E-state index contributed by atoms with van der Waals surface area (Å²) in [6.45, 7) is 2.77. The lowest BCUT2D eigenvalue weighted by Crippen LogP contribution is -2.65. The molecule has 2 saturated heterocycles. The monoisotopic (exact) mass is 1190 g/mol. The molecule has 14 nitrogen and oxygen atoms in total. The SMILES string of the molecule is CC/C=C\C/C=C\C/C=C\C/C=C\C/C=C\CCCCCCCCCCCCCCCCCCCCCC(=O)NC(COC1OC(CO)C(OC2OC(CO)C(O)C(O)C2O)C(O)C1O)C(O)CCCCCCCCCCCCCCCCC. The van der Waals surface area contributed by atoms with Crippen LogP contribution in [-0.2, 0) is 23.7 Å². The van der Waals surface area contributed by atoms with Crippen molar-refractivity contribution in [1.82, 2.24) is 5.32 Å². The summed E-state index contributed by atoms with van der Waals surface area (Å²) in [5.41, 5.74) is 0. The van der Waals surface area contributed by atoms with Gasteiger partial charge in [-0.05, 0) is 57.8 Å². The molecule has 12 unspecified atom stereocenters. The Morgan fingerprint density at radius 1 is 0.440 bits per heavy atom. The maximum atomic E-state index is 13.3. The van der Waals surface area contributed by atoms with Crippen LogP contribution in [0.2, 0.25) is 0 Å². The lowest BCUT2D eigenvalue weighted by atomic mass is 9.97. The highest BCUT2D eigenvalue weighted by Crippen LogP contribution is 2.30. The van der Waals surface area contributed by atoms with E-state index in [1.165, 1.54) is 173 Å². The van der Waals surface area contributed by atoms with Crippen LogP contribution in [0.1, 0.15) is 284 Å². The van der Waals surface area contributed by atoms with Gasteiger partial charge in [-0.25, -0.2) is 0 Å². The fourth-order valence-electron chi connectivity index (χ4n) is 11.3. The molecule has 2 heterocycles. The van der Waals surface area contributed by atoms with Gasteiger partial charge in [0.05, 0.1) is 32.0 Å². The van der Waals surface area contributed by atoms with Gasteiger partial charge in [-0.2, -0.15) is 0 Å². The molecule has 14 heteroatoms. The van der Waals surface area contributed by atoms with E-state index in [4.69, 9.17) is 18.9 Å². The van der Waals surface area contributed by atoms with Crippen molar-refractivity contribution < 1.29 is 64.6 Å². The molecule has 490 valence electrons. The van der Waals surface area contributed by atoms with Gasteiger partial charge in [-0.15, -0.1) is 0 Å². The fourth-order valence-corrected chi connectivity index (χ4v) is 11.3. The molecule has 0 aliphatic carbocycles. The third-order valence-corrected chi connectivity index (χ3v) is 16.7. The molecule has 0 aromatic rings. The number of allylic oxidation sites excluding steroid dienone is 10. The molecule has 2 aliphatic heterocycles. The molecule has 0 aromatic heterocycles. The largest absolute Gasteiger partial charge is 0.394 e. The van der Waals surface area contributed by atoms with Crippen LogP contribution in [0.3, 0.4) is 0 Å². The van der Waals surface area contributed by atoms with E-state index in [2.05, 4.69) is 79.9 Å². The molecule has 2 rings (SSSR count). The molecule has 0 bridgehead atoms. The van der Waals surface area contributed by atoms with Gasteiger partial charge in [0, 0.05) is 6.42 Å². The summed E-state index contributed by atoms with van der Waals surface area (Å²) in [5, 5.41) is 87.5. The summed E-state index contributed by atoms with van der Waals surface area (Å²) in [6.07, 6.45) is 55.3. The molecule has 0 aromatic carbocycles. The second kappa shape index (κ2) is 54.8. The molecule has 9 N–H and O–H groups in total. The van der Waals surface area contributed by atoms with E-state index in [0.29, 0.717) is 12.8 Å². The van der Waals surface area contributed by atoms with Crippen molar-refractivity contribution >= 4 is 5.91 Å². The lowest BCUT2D eigenvalue weighted by Gasteiger charge is -2.46. The Labute approximate surface area is 511 Å². The van der Waals surface area contributed by atoms with Crippen LogP contribution in [0.25, 0.3) is 0 Å². The number of hydrogen-bond acceptors (Lipinski definition) is 13. The molecular formula is C70H127NO13. The Kier molecular flexibility index (Phi) is 50.8. The van der Waals surface area contributed by atoms with Crippen LogP contribution in [0, 0.1) is 0 Å². The minimum atomic E-state index is -1.78. The van der Waals surface area contributed by atoms with Gasteiger partial charge >= 0.3 is 0 Å². The molecule has 2 aliphatic rings.